The maximum Gasteiger partial charge on any atom is 0.341 e. The molecule has 2 aromatic heterocycles. The van der Waals surface area contributed by atoms with Gasteiger partial charge in [-0.1, -0.05) is 71.4 Å². The first-order valence-corrected chi connectivity index (χ1v) is 14.6. The van der Waals surface area contributed by atoms with Crippen molar-refractivity contribution < 1.29 is 19.1 Å². The van der Waals surface area contributed by atoms with Gasteiger partial charge in [0.05, 0.1) is 17.9 Å². The number of benzene rings is 2. The first-order chi connectivity index (χ1) is 19.2. The summed E-state index contributed by atoms with van der Waals surface area (Å²) >= 11 is 14.9. The molecule has 0 aliphatic heterocycles. The summed E-state index contributed by atoms with van der Waals surface area (Å²) in [6, 6.07) is 14.5. The smallest absolute Gasteiger partial charge is 0.341 e. The van der Waals surface area contributed by atoms with E-state index < -0.39 is 12.1 Å². The third-order valence-electron chi connectivity index (χ3n) is 5.74. The largest absolute Gasteiger partial charge is 0.481 e. The zero-order chi connectivity index (χ0) is 28.8. The molecule has 8 nitrogen and oxygen atoms in total. The fourth-order valence-corrected chi connectivity index (χ4v) is 6.15. The second kappa shape index (κ2) is 13.4. The summed E-state index contributed by atoms with van der Waals surface area (Å²) in [6.45, 7) is 7.95. The number of methoxy groups -OCH3 is 1. The zero-order valence-electron chi connectivity index (χ0n) is 21.9. The first kappa shape index (κ1) is 29.7. The number of esters is 1. The van der Waals surface area contributed by atoms with E-state index in [0.29, 0.717) is 43.9 Å². The Bertz CT molecular complexity index is 1540. The van der Waals surface area contributed by atoms with Crippen molar-refractivity contribution in [3.05, 3.63) is 87.5 Å². The number of ether oxygens (including phenoxy) is 2. The molecule has 1 N–H and O–H groups in total. The minimum atomic E-state index is -0.518. The highest BCUT2D eigenvalue weighted by Crippen LogP contribution is 2.40. The van der Waals surface area contributed by atoms with E-state index in [2.05, 4.69) is 22.1 Å². The van der Waals surface area contributed by atoms with Gasteiger partial charge in [-0.15, -0.1) is 28.1 Å². The molecule has 2 aromatic carbocycles. The second-order valence-electron chi connectivity index (χ2n) is 8.51. The summed E-state index contributed by atoms with van der Waals surface area (Å²) < 4.78 is 12.9. The van der Waals surface area contributed by atoms with Crippen molar-refractivity contribution in [1.29, 1.82) is 0 Å². The molecule has 1 unspecified atom stereocenters. The van der Waals surface area contributed by atoms with Crippen molar-refractivity contribution in [1.82, 2.24) is 14.8 Å². The minimum Gasteiger partial charge on any atom is -0.481 e. The third kappa shape index (κ3) is 6.69. The lowest BCUT2D eigenvalue weighted by atomic mass is 10.0. The van der Waals surface area contributed by atoms with Gasteiger partial charge in [0.2, 0.25) is 5.91 Å². The van der Waals surface area contributed by atoms with Gasteiger partial charge in [-0.25, -0.2) is 4.79 Å². The van der Waals surface area contributed by atoms with E-state index in [-0.39, 0.29) is 11.7 Å². The van der Waals surface area contributed by atoms with Gasteiger partial charge in [0.25, 0.3) is 0 Å². The highest BCUT2D eigenvalue weighted by atomic mass is 35.5. The normalized spacial score (nSPS) is 11.6. The number of thioether (sulfide) groups is 1. The van der Waals surface area contributed by atoms with E-state index in [1.54, 1.807) is 24.3 Å². The highest BCUT2D eigenvalue weighted by molar-refractivity contribution is 7.99. The van der Waals surface area contributed by atoms with Crippen LogP contribution in [0, 0.1) is 6.92 Å². The van der Waals surface area contributed by atoms with Gasteiger partial charge >= 0.3 is 5.97 Å². The van der Waals surface area contributed by atoms with Gasteiger partial charge in [0.1, 0.15) is 16.3 Å². The quantitative estimate of drug-likeness (QED) is 0.106. The average molecular weight is 618 g/mol. The number of rotatable bonds is 11. The first-order valence-electron chi connectivity index (χ1n) is 12.1. The van der Waals surface area contributed by atoms with Gasteiger partial charge in [0.15, 0.2) is 17.1 Å². The Kier molecular flexibility index (Phi) is 9.91. The number of allylic oxidation sites excluding steroid dienone is 1. The number of carbonyl (C=O) groups is 2. The predicted octanol–water partition coefficient (Wildman–Crippen LogP) is 7.47. The van der Waals surface area contributed by atoms with Crippen LogP contribution in [0.4, 0.5) is 5.00 Å². The van der Waals surface area contributed by atoms with Gasteiger partial charge in [0, 0.05) is 28.1 Å². The van der Waals surface area contributed by atoms with Gasteiger partial charge < -0.3 is 14.8 Å². The van der Waals surface area contributed by atoms with Crippen molar-refractivity contribution in [3.63, 3.8) is 0 Å². The Morgan fingerprint density at radius 1 is 1.20 bits per heavy atom. The molecule has 40 heavy (non-hydrogen) atoms. The summed E-state index contributed by atoms with van der Waals surface area (Å²) in [5.41, 5.74) is 1.94. The molecule has 208 valence electrons. The van der Waals surface area contributed by atoms with Crippen LogP contribution in [0.2, 0.25) is 10.0 Å². The summed E-state index contributed by atoms with van der Waals surface area (Å²) in [6.07, 6.45) is 1.19. The number of halogens is 2. The van der Waals surface area contributed by atoms with Crippen molar-refractivity contribution in [2.75, 3.05) is 18.2 Å². The lowest BCUT2D eigenvalue weighted by Crippen LogP contribution is -2.17. The van der Waals surface area contributed by atoms with Crippen LogP contribution in [-0.2, 0) is 16.1 Å². The van der Waals surface area contributed by atoms with Crippen molar-refractivity contribution >= 4 is 63.2 Å². The molecule has 0 fully saturated rings. The van der Waals surface area contributed by atoms with E-state index >= 15 is 0 Å². The Morgan fingerprint density at radius 3 is 2.65 bits per heavy atom. The number of aromatic nitrogens is 3. The molecule has 0 radical (unpaired) electrons. The molecule has 1 atom stereocenters. The zero-order valence-corrected chi connectivity index (χ0v) is 25.1. The number of nitrogens with one attached hydrogen (secondary N) is 1. The Labute approximate surface area is 250 Å². The molecule has 0 aliphatic carbocycles. The standard InChI is InChI=1S/C28H26Cl2N4O4S2/c1-5-13-34-25(16(2)38-21-14-19(29)11-12-20(21)30)32-33-28(34)39-15-22(35)31-26-24(27(36)37-4)23(17(3)40-26)18-9-7-6-8-10-18/h5-12,14,16H,1,13,15H2,2-4H3,(H,31,35). The van der Waals surface area contributed by atoms with Crippen LogP contribution in [-0.4, -0.2) is 39.5 Å². The maximum atomic E-state index is 13.0. The number of hydrogen-bond acceptors (Lipinski definition) is 8. The molecule has 0 saturated heterocycles. The number of nitrogens with zero attached hydrogens (tertiary/aromatic N) is 3. The SMILES string of the molecule is C=CCn1c(SCC(=O)Nc2sc(C)c(-c3ccccc3)c2C(=O)OC)nnc1C(C)Oc1cc(Cl)ccc1Cl. The summed E-state index contributed by atoms with van der Waals surface area (Å²) in [5.74, 6) is 0.165. The Balaban J connectivity index is 1.51. The average Bonchev–Trinajstić information content (AvgIpc) is 3.49. The van der Waals surface area contributed by atoms with Gasteiger partial charge in [-0.2, -0.15) is 0 Å². The van der Waals surface area contributed by atoms with Crippen LogP contribution in [0.1, 0.15) is 34.1 Å². The van der Waals surface area contributed by atoms with E-state index in [0.717, 1.165) is 16.0 Å². The molecule has 0 spiro atoms. The third-order valence-corrected chi connectivity index (χ3v) is 8.27. The van der Waals surface area contributed by atoms with Crippen LogP contribution >= 0.6 is 46.3 Å². The van der Waals surface area contributed by atoms with Gasteiger partial charge in [-0.3, -0.25) is 9.36 Å². The summed E-state index contributed by atoms with van der Waals surface area (Å²) in [4.78, 5) is 26.6. The van der Waals surface area contributed by atoms with Crippen LogP contribution in [0.15, 0.2) is 66.3 Å². The molecule has 0 saturated carbocycles. The van der Waals surface area contributed by atoms with Crippen LogP contribution in [0.25, 0.3) is 11.1 Å². The van der Waals surface area contributed by atoms with E-state index in [1.807, 2.05) is 48.7 Å². The number of carbonyl (C=O) groups excluding carboxylic acids is 2. The molecule has 2 heterocycles. The summed E-state index contributed by atoms with van der Waals surface area (Å²) in [7, 11) is 1.32. The topological polar surface area (TPSA) is 95.3 Å². The highest BCUT2D eigenvalue weighted by Gasteiger charge is 2.26. The molecule has 1 amide bonds. The van der Waals surface area contributed by atoms with E-state index in [4.69, 9.17) is 32.7 Å². The minimum absolute atomic E-state index is 0.0306. The van der Waals surface area contributed by atoms with E-state index in [1.165, 1.54) is 30.2 Å². The number of thiophene rings is 1. The number of amides is 1. The van der Waals surface area contributed by atoms with Crippen LogP contribution < -0.4 is 10.1 Å². The monoisotopic (exact) mass is 616 g/mol. The molecule has 12 heteroatoms. The fourth-order valence-electron chi connectivity index (χ4n) is 3.99. The second-order valence-corrected chi connectivity index (χ2v) is 11.5. The Hall–Kier alpha value is -3.31. The van der Waals surface area contributed by atoms with Crippen LogP contribution in [0.5, 0.6) is 5.75 Å². The van der Waals surface area contributed by atoms with E-state index in [9.17, 15) is 9.59 Å². The Morgan fingerprint density at radius 2 is 1.95 bits per heavy atom. The molecule has 4 aromatic rings. The van der Waals surface area contributed by atoms with Crippen molar-refractivity contribution in [2.24, 2.45) is 0 Å². The van der Waals surface area contributed by atoms with Gasteiger partial charge in [-0.05, 0) is 31.5 Å². The maximum absolute atomic E-state index is 13.0. The predicted molar refractivity (Wildman–Crippen MR) is 161 cm³/mol. The number of hydrogen-bond donors (Lipinski definition) is 1. The molecule has 0 bridgehead atoms. The van der Waals surface area contributed by atoms with Crippen molar-refractivity contribution in [3.8, 4) is 16.9 Å². The van der Waals surface area contributed by atoms with Crippen molar-refractivity contribution in [2.45, 2.75) is 31.7 Å². The number of anilines is 1. The molecular weight excluding hydrogens is 591 g/mol. The summed E-state index contributed by atoms with van der Waals surface area (Å²) in [5, 5.41) is 13.3. The lowest BCUT2D eigenvalue weighted by Gasteiger charge is -2.16. The fraction of sp³-hybridized carbons (Fsp3) is 0.214. The molecule has 0 aliphatic rings. The molecule has 4 rings (SSSR count). The molecular formula is C28H26Cl2N4O4S2. The van der Waals surface area contributed by atoms with Crippen LogP contribution in [0.3, 0.4) is 0 Å². The number of aryl methyl sites for hydroxylation is 1. The lowest BCUT2D eigenvalue weighted by molar-refractivity contribution is -0.113.